The Morgan fingerprint density at radius 3 is 2.89 bits per heavy atom. The van der Waals surface area contributed by atoms with Gasteiger partial charge in [-0.1, -0.05) is 25.5 Å². The molecule has 0 saturated carbocycles. The maximum Gasteiger partial charge on any atom is 0.0485 e. The summed E-state index contributed by atoms with van der Waals surface area (Å²) in [6, 6.07) is 8.33. The fourth-order valence-electron chi connectivity index (χ4n) is 2.81. The monoisotopic (exact) mass is 324 g/mol. The molecule has 3 heteroatoms. The zero-order chi connectivity index (χ0) is 13.5. The van der Waals surface area contributed by atoms with Crippen molar-refractivity contribution in [2.24, 2.45) is 5.92 Å². The van der Waals surface area contributed by atoms with Crippen LogP contribution < -0.4 is 5.32 Å². The maximum atomic E-state index is 3.58. The van der Waals surface area contributed by atoms with Crippen molar-refractivity contribution in [2.45, 2.75) is 32.6 Å². The summed E-state index contributed by atoms with van der Waals surface area (Å²) in [5.74, 6) is 0.959. The summed E-state index contributed by atoms with van der Waals surface area (Å²) in [5, 5.41) is 3.52. The number of rotatable bonds is 5. The van der Waals surface area contributed by atoms with E-state index in [2.05, 4.69) is 57.3 Å². The van der Waals surface area contributed by atoms with Gasteiger partial charge in [-0.15, -0.1) is 0 Å². The Balaban J connectivity index is 1.72. The van der Waals surface area contributed by atoms with E-state index in [0.29, 0.717) is 0 Å². The van der Waals surface area contributed by atoms with Gasteiger partial charge in [-0.3, -0.25) is 0 Å². The van der Waals surface area contributed by atoms with Crippen molar-refractivity contribution < 1.29 is 0 Å². The molecule has 2 rings (SSSR count). The van der Waals surface area contributed by atoms with Crippen LogP contribution in [0.3, 0.4) is 0 Å². The molecule has 0 spiro atoms. The number of para-hydroxylation sites is 1. The molecule has 0 aliphatic carbocycles. The standard InChI is InChI=1S/C16H25BrN2/c1-2-14-6-5-11-19(12-9-14)13-10-18-16-8-4-3-7-15(16)17/h3-4,7-8,14,18H,2,5-6,9-13H2,1H3. The Hall–Kier alpha value is -0.540. The molecule has 1 aliphatic heterocycles. The molecule has 1 atom stereocenters. The predicted octanol–water partition coefficient (Wildman–Crippen LogP) is 4.37. The lowest BCUT2D eigenvalue weighted by atomic mass is 9.98. The molecular formula is C16H25BrN2. The SMILES string of the molecule is CCC1CCCN(CCNc2ccccc2Br)CC1. The fraction of sp³-hybridized carbons (Fsp3) is 0.625. The van der Waals surface area contributed by atoms with Gasteiger partial charge < -0.3 is 10.2 Å². The quantitative estimate of drug-likeness (QED) is 0.865. The van der Waals surface area contributed by atoms with Crippen molar-refractivity contribution in [3.63, 3.8) is 0 Å². The third kappa shape index (κ3) is 4.81. The molecule has 2 nitrogen and oxygen atoms in total. The first-order chi connectivity index (χ1) is 9.29. The van der Waals surface area contributed by atoms with E-state index in [1.165, 1.54) is 44.5 Å². The Labute approximate surface area is 125 Å². The number of hydrogen-bond acceptors (Lipinski definition) is 2. The molecule has 1 heterocycles. The van der Waals surface area contributed by atoms with Crippen LogP contribution >= 0.6 is 15.9 Å². The maximum absolute atomic E-state index is 3.58. The van der Waals surface area contributed by atoms with Gasteiger partial charge in [0.1, 0.15) is 0 Å². The lowest BCUT2D eigenvalue weighted by Crippen LogP contribution is -2.30. The second-order valence-corrected chi connectivity index (χ2v) is 6.31. The molecule has 1 unspecified atom stereocenters. The van der Waals surface area contributed by atoms with Crippen molar-refractivity contribution in [1.29, 1.82) is 0 Å². The van der Waals surface area contributed by atoms with Crippen molar-refractivity contribution in [1.82, 2.24) is 4.90 Å². The summed E-state index contributed by atoms with van der Waals surface area (Å²) >= 11 is 3.58. The smallest absolute Gasteiger partial charge is 0.0485 e. The zero-order valence-electron chi connectivity index (χ0n) is 11.9. The molecule has 1 saturated heterocycles. The van der Waals surface area contributed by atoms with Crippen molar-refractivity contribution in [3.8, 4) is 0 Å². The highest BCUT2D eigenvalue weighted by Crippen LogP contribution is 2.22. The highest BCUT2D eigenvalue weighted by molar-refractivity contribution is 9.10. The molecule has 0 amide bonds. The minimum atomic E-state index is 0.959. The molecule has 1 N–H and O–H groups in total. The summed E-state index contributed by atoms with van der Waals surface area (Å²) in [5.41, 5.74) is 1.20. The van der Waals surface area contributed by atoms with Gasteiger partial charge in [-0.2, -0.15) is 0 Å². The summed E-state index contributed by atoms with van der Waals surface area (Å²) in [6.45, 7) is 7.05. The Morgan fingerprint density at radius 1 is 1.26 bits per heavy atom. The predicted molar refractivity (Wildman–Crippen MR) is 86.7 cm³/mol. The molecule has 1 aliphatic rings. The molecule has 0 aromatic heterocycles. The van der Waals surface area contributed by atoms with Crippen LogP contribution in [0.15, 0.2) is 28.7 Å². The van der Waals surface area contributed by atoms with Gasteiger partial charge in [0.15, 0.2) is 0 Å². The zero-order valence-corrected chi connectivity index (χ0v) is 13.5. The minimum Gasteiger partial charge on any atom is -0.383 e. The average molecular weight is 325 g/mol. The van der Waals surface area contributed by atoms with Gasteiger partial charge in [0.2, 0.25) is 0 Å². The van der Waals surface area contributed by atoms with Crippen LogP contribution in [-0.2, 0) is 0 Å². The number of anilines is 1. The van der Waals surface area contributed by atoms with E-state index in [1.54, 1.807) is 0 Å². The summed E-state index contributed by atoms with van der Waals surface area (Å²) in [4.78, 5) is 2.61. The van der Waals surface area contributed by atoms with Gasteiger partial charge in [0.05, 0.1) is 0 Å². The van der Waals surface area contributed by atoms with Crippen LogP contribution in [0.2, 0.25) is 0 Å². The first kappa shape index (κ1) is 14.9. The van der Waals surface area contributed by atoms with Crippen LogP contribution in [0.5, 0.6) is 0 Å². The lowest BCUT2D eigenvalue weighted by molar-refractivity contribution is 0.290. The van der Waals surface area contributed by atoms with Gasteiger partial charge in [-0.05, 0) is 66.3 Å². The minimum absolute atomic E-state index is 0.959. The van der Waals surface area contributed by atoms with E-state index in [4.69, 9.17) is 0 Å². The van der Waals surface area contributed by atoms with E-state index in [1.807, 2.05) is 0 Å². The molecular weight excluding hydrogens is 300 g/mol. The Bertz CT molecular complexity index is 381. The number of nitrogens with zero attached hydrogens (tertiary/aromatic N) is 1. The second kappa shape index (κ2) is 7.91. The number of likely N-dealkylation sites (tertiary alicyclic amines) is 1. The Kier molecular flexibility index (Phi) is 6.18. The summed E-state index contributed by atoms with van der Waals surface area (Å²) in [7, 11) is 0. The van der Waals surface area contributed by atoms with Crippen LogP contribution in [-0.4, -0.2) is 31.1 Å². The third-order valence-corrected chi connectivity index (χ3v) is 4.83. The fourth-order valence-corrected chi connectivity index (χ4v) is 3.23. The van der Waals surface area contributed by atoms with Crippen LogP contribution in [0, 0.1) is 5.92 Å². The normalized spacial score (nSPS) is 21.1. The molecule has 106 valence electrons. The van der Waals surface area contributed by atoms with Crippen molar-refractivity contribution in [3.05, 3.63) is 28.7 Å². The van der Waals surface area contributed by atoms with E-state index >= 15 is 0 Å². The third-order valence-electron chi connectivity index (χ3n) is 4.13. The van der Waals surface area contributed by atoms with Gasteiger partial charge >= 0.3 is 0 Å². The molecule has 0 radical (unpaired) electrons. The van der Waals surface area contributed by atoms with Gasteiger partial charge in [0.25, 0.3) is 0 Å². The van der Waals surface area contributed by atoms with Crippen LogP contribution in [0.25, 0.3) is 0 Å². The Morgan fingerprint density at radius 2 is 2.11 bits per heavy atom. The number of nitrogens with one attached hydrogen (secondary N) is 1. The number of benzene rings is 1. The van der Waals surface area contributed by atoms with E-state index < -0.39 is 0 Å². The van der Waals surface area contributed by atoms with Gasteiger partial charge in [-0.25, -0.2) is 0 Å². The summed E-state index contributed by atoms with van der Waals surface area (Å²) < 4.78 is 1.15. The van der Waals surface area contributed by atoms with E-state index in [-0.39, 0.29) is 0 Å². The number of halogens is 1. The second-order valence-electron chi connectivity index (χ2n) is 5.45. The highest BCUT2D eigenvalue weighted by Gasteiger charge is 2.15. The number of hydrogen-bond donors (Lipinski definition) is 1. The van der Waals surface area contributed by atoms with Crippen LogP contribution in [0.1, 0.15) is 32.6 Å². The molecule has 0 bridgehead atoms. The summed E-state index contributed by atoms with van der Waals surface area (Å²) in [6.07, 6.45) is 5.52. The first-order valence-corrected chi connectivity index (χ1v) is 8.29. The highest BCUT2D eigenvalue weighted by atomic mass is 79.9. The molecule has 1 aromatic rings. The van der Waals surface area contributed by atoms with E-state index in [0.717, 1.165) is 23.5 Å². The molecule has 1 fully saturated rings. The topological polar surface area (TPSA) is 15.3 Å². The first-order valence-electron chi connectivity index (χ1n) is 7.50. The van der Waals surface area contributed by atoms with Crippen molar-refractivity contribution in [2.75, 3.05) is 31.5 Å². The average Bonchev–Trinajstić information content (AvgIpc) is 2.66. The molecule has 19 heavy (non-hydrogen) atoms. The largest absolute Gasteiger partial charge is 0.383 e. The van der Waals surface area contributed by atoms with Gasteiger partial charge in [0, 0.05) is 23.2 Å². The van der Waals surface area contributed by atoms with E-state index in [9.17, 15) is 0 Å². The lowest BCUT2D eigenvalue weighted by Gasteiger charge is -2.20. The molecule has 1 aromatic carbocycles. The van der Waals surface area contributed by atoms with Crippen molar-refractivity contribution >= 4 is 21.6 Å². The van der Waals surface area contributed by atoms with Crippen LogP contribution in [0.4, 0.5) is 5.69 Å².